The lowest BCUT2D eigenvalue weighted by atomic mass is 10.0. The van der Waals surface area contributed by atoms with Crippen molar-refractivity contribution in [2.24, 2.45) is 5.10 Å². The van der Waals surface area contributed by atoms with Crippen molar-refractivity contribution < 1.29 is 23.5 Å². The maximum absolute atomic E-state index is 13.5. The van der Waals surface area contributed by atoms with E-state index >= 15 is 0 Å². The normalized spacial score (nSPS) is 10.0. The lowest BCUT2D eigenvalue weighted by molar-refractivity contribution is -0.150. The van der Waals surface area contributed by atoms with E-state index in [0.717, 1.165) is 11.1 Å². The average Bonchev–Trinajstić information content (AvgIpc) is 2.79. The van der Waals surface area contributed by atoms with Gasteiger partial charge in [0, 0.05) is 11.1 Å². The highest BCUT2D eigenvalue weighted by Crippen LogP contribution is 2.15. The Hall–Kier alpha value is -4.00. The van der Waals surface area contributed by atoms with E-state index in [1.54, 1.807) is 6.07 Å². The molecule has 0 spiro atoms. The van der Waals surface area contributed by atoms with Crippen LogP contribution in [0, 0.1) is 5.82 Å². The van der Waals surface area contributed by atoms with Gasteiger partial charge in [0.1, 0.15) is 0 Å². The first kappa shape index (κ1) is 20.7. The van der Waals surface area contributed by atoms with Crippen molar-refractivity contribution in [2.75, 3.05) is 13.2 Å². The first-order chi connectivity index (χ1) is 14.6. The molecule has 3 rings (SSSR count). The van der Waals surface area contributed by atoms with Crippen molar-refractivity contribution in [2.45, 2.75) is 0 Å². The molecule has 0 fully saturated rings. The van der Waals surface area contributed by atoms with Gasteiger partial charge in [-0.05, 0) is 12.1 Å². The van der Waals surface area contributed by atoms with E-state index in [1.165, 1.54) is 18.2 Å². The van der Waals surface area contributed by atoms with Crippen LogP contribution in [0.25, 0.3) is 0 Å². The molecule has 0 aliphatic heterocycles. The molecule has 3 aromatic rings. The number of carbonyl (C=O) groups excluding carboxylic acids is 2. The molecule has 152 valence electrons. The van der Waals surface area contributed by atoms with E-state index in [-0.39, 0.29) is 5.75 Å². The molecule has 1 N–H and O–H groups in total. The summed E-state index contributed by atoms with van der Waals surface area (Å²) in [5.41, 5.74) is 4.59. The number of hydrogen-bond acceptors (Lipinski definition) is 5. The van der Waals surface area contributed by atoms with Crippen LogP contribution in [0.1, 0.15) is 11.1 Å². The van der Waals surface area contributed by atoms with Gasteiger partial charge >= 0.3 is 5.97 Å². The molecule has 6 nitrogen and oxygen atoms in total. The SMILES string of the molecule is O=C(COC(=O)COc1ccccc1F)NN=C(c1ccccc1)c1ccccc1. The standard InChI is InChI=1S/C23H19FN2O4/c24-19-13-7-8-14-20(19)29-16-22(28)30-15-21(27)25-26-23(17-9-3-1-4-10-17)18-11-5-2-6-12-18/h1-14H,15-16H2,(H,25,27). The first-order valence-electron chi connectivity index (χ1n) is 9.14. The molecule has 0 saturated heterocycles. The van der Waals surface area contributed by atoms with Gasteiger partial charge in [-0.15, -0.1) is 0 Å². The van der Waals surface area contributed by atoms with Crippen LogP contribution in [0.15, 0.2) is 90.0 Å². The van der Waals surface area contributed by atoms with E-state index in [9.17, 15) is 14.0 Å². The Morgan fingerprint density at radius 3 is 1.97 bits per heavy atom. The molecule has 3 aromatic carbocycles. The second kappa shape index (κ2) is 10.5. The van der Waals surface area contributed by atoms with Gasteiger partial charge in [0.25, 0.3) is 5.91 Å². The van der Waals surface area contributed by atoms with Crippen LogP contribution >= 0.6 is 0 Å². The molecule has 0 aliphatic rings. The minimum Gasteiger partial charge on any atom is -0.479 e. The fraction of sp³-hybridized carbons (Fsp3) is 0.0870. The Kier molecular flexibility index (Phi) is 7.27. The van der Waals surface area contributed by atoms with E-state index in [0.29, 0.717) is 5.71 Å². The van der Waals surface area contributed by atoms with Crippen molar-refractivity contribution in [1.82, 2.24) is 5.43 Å². The zero-order valence-corrected chi connectivity index (χ0v) is 16.0. The van der Waals surface area contributed by atoms with Crippen LogP contribution in [0.3, 0.4) is 0 Å². The van der Waals surface area contributed by atoms with Crippen LogP contribution in [0.4, 0.5) is 4.39 Å². The summed E-state index contributed by atoms with van der Waals surface area (Å²) in [4.78, 5) is 23.8. The molecule has 0 unspecified atom stereocenters. The lowest BCUT2D eigenvalue weighted by Crippen LogP contribution is -2.27. The predicted molar refractivity (Wildman–Crippen MR) is 110 cm³/mol. The van der Waals surface area contributed by atoms with Gasteiger partial charge in [-0.25, -0.2) is 14.6 Å². The smallest absolute Gasteiger partial charge is 0.344 e. The highest BCUT2D eigenvalue weighted by molar-refractivity contribution is 6.13. The zero-order valence-electron chi connectivity index (χ0n) is 16.0. The third kappa shape index (κ3) is 6.00. The Morgan fingerprint density at radius 2 is 1.37 bits per heavy atom. The van der Waals surface area contributed by atoms with Crippen molar-refractivity contribution in [3.8, 4) is 5.75 Å². The number of rotatable bonds is 8. The number of halogens is 1. The molecular weight excluding hydrogens is 387 g/mol. The summed E-state index contributed by atoms with van der Waals surface area (Å²) in [6.07, 6.45) is 0. The number of benzene rings is 3. The molecule has 0 saturated carbocycles. The molecule has 0 aliphatic carbocycles. The maximum atomic E-state index is 13.5. The van der Waals surface area contributed by atoms with Gasteiger partial charge in [0.2, 0.25) is 0 Å². The predicted octanol–water partition coefficient (Wildman–Crippen LogP) is 3.32. The monoisotopic (exact) mass is 406 g/mol. The zero-order chi connectivity index (χ0) is 21.2. The van der Waals surface area contributed by atoms with Crippen LogP contribution in [-0.2, 0) is 14.3 Å². The molecule has 1 amide bonds. The summed E-state index contributed by atoms with van der Waals surface area (Å²) < 4.78 is 23.3. The van der Waals surface area contributed by atoms with Crippen LogP contribution in [-0.4, -0.2) is 30.8 Å². The molecule has 0 aromatic heterocycles. The van der Waals surface area contributed by atoms with Crippen LogP contribution in [0.5, 0.6) is 5.75 Å². The number of ether oxygens (including phenoxy) is 2. The van der Waals surface area contributed by atoms with Crippen molar-refractivity contribution >= 4 is 17.6 Å². The van der Waals surface area contributed by atoms with E-state index in [2.05, 4.69) is 10.5 Å². The van der Waals surface area contributed by atoms with Crippen LogP contribution < -0.4 is 10.2 Å². The molecule has 0 bridgehead atoms. The summed E-state index contributed by atoms with van der Waals surface area (Å²) in [6, 6.07) is 24.4. The highest BCUT2D eigenvalue weighted by Gasteiger charge is 2.11. The summed E-state index contributed by atoms with van der Waals surface area (Å²) >= 11 is 0. The molecule has 7 heteroatoms. The third-order valence-corrected chi connectivity index (χ3v) is 3.93. The summed E-state index contributed by atoms with van der Waals surface area (Å²) in [5, 5.41) is 4.19. The Labute approximate surface area is 173 Å². The quantitative estimate of drug-likeness (QED) is 0.354. The minimum absolute atomic E-state index is 0.0705. The fourth-order valence-electron chi connectivity index (χ4n) is 2.52. The second-order valence-electron chi connectivity index (χ2n) is 6.11. The average molecular weight is 406 g/mol. The summed E-state index contributed by atoms with van der Waals surface area (Å²) in [6.45, 7) is -1.06. The van der Waals surface area contributed by atoms with Gasteiger partial charge in [-0.2, -0.15) is 5.10 Å². The van der Waals surface area contributed by atoms with Crippen molar-refractivity contribution in [3.63, 3.8) is 0 Å². The molecule has 0 heterocycles. The number of amides is 1. The van der Waals surface area contributed by atoms with Gasteiger partial charge in [0.05, 0.1) is 5.71 Å². The van der Waals surface area contributed by atoms with Crippen molar-refractivity contribution in [1.29, 1.82) is 0 Å². The second-order valence-corrected chi connectivity index (χ2v) is 6.11. The Morgan fingerprint density at radius 1 is 0.800 bits per heavy atom. The number of para-hydroxylation sites is 1. The number of hydrazone groups is 1. The first-order valence-corrected chi connectivity index (χ1v) is 9.14. The number of hydrogen-bond donors (Lipinski definition) is 1. The van der Waals surface area contributed by atoms with Gasteiger partial charge in [-0.1, -0.05) is 72.8 Å². The Balaban J connectivity index is 1.55. The van der Waals surface area contributed by atoms with E-state index in [1.807, 2.05) is 60.7 Å². The molecular formula is C23H19FN2O4. The highest BCUT2D eigenvalue weighted by atomic mass is 19.1. The van der Waals surface area contributed by atoms with E-state index in [4.69, 9.17) is 9.47 Å². The number of carbonyl (C=O) groups is 2. The van der Waals surface area contributed by atoms with Gasteiger partial charge < -0.3 is 9.47 Å². The van der Waals surface area contributed by atoms with Gasteiger partial charge in [-0.3, -0.25) is 4.79 Å². The molecule has 0 atom stereocenters. The maximum Gasteiger partial charge on any atom is 0.344 e. The lowest BCUT2D eigenvalue weighted by Gasteiger charge is -2.09. The molecule has 0 radical (unpaired) electrons. The fourth-order valence-corrected chi connectivity index (χ4v) is 2.52. The molecule has 30 heavy (non-hydrogen) atoms. The minimum atomic E-state index is -0.802. The number of nitrogens with zero attached hydrogens (tertiary/aromatic N) is 1. The Bertz CT molecular complexity index is 982. The van der Waals surface area contributed by atoms with Crippen molar-refractivity contribution in [3.05, 3.63) is 102 Å². The summed E-state index contributed by atoms with van der Waals surface area (Å²) in [5.74, 6) is -2.08. The van der Waals surface area contributed by atoms with E-state index < -0.39 is 30.9 Å². The topological polar surface area (TPSA) is 77.0 Å². The summed E-state index contributed by atoms with van der Waals surface area (Å²) in [7, 11) is 0. The number of nitrogens with one attached hydrogen (secondary N) is 1. The van der Waals surface area contributed by atoms with Gasteiger partial charge in [0.15, 0.2) is 24.8 Å². The third-order valence-electron chi connectivity index (χ3n) is 3.93. The number of esters is 1. The largest absolute Gasteiger partial charge is 0.479 e. The van der Waals surface area contributed by atoms with Crippen LogP contribution in [0.2, 0.25) is 0 Å².